The smallest absolute Gasteiger partial charge is 0.251 e. The Balaban J connectivity index is 1.57. The second-order valence-electron chi connectivity index (χ2n) is 8.98. The molecular formula is C30H31N5O2. The Kier molecular flexibility index (Phi) is 8.40. The van der Waals surface area contributed by atoms with E-state index in [2.05, 4.69) is 10.3 Å². The maximum Gasteiger partial charge on any atom is 0.251 e. The lowest BCUT2D eigenvalue weighted by atomic mass is 9.88. The number of amidine groups is 1. The number of nitrogen functional groups attached to an aromatic ring is 1. The number of aliphatic hydroxyl groups is 1. The van der Waals surface area contributed by atoms with E-state index in [1.807, 2.05) is 66.7 Å². The van der Waals surface area contributed by atoms with Crippen molar-refractivity contribution >= 4 is 11.7 Å². The van der Waals surface area contributed by atoms with Crippen LogP contribution < -0.4 is 16.8 Å². The molecule has 7 N–H and O–H groups in total. The van der Waals surface area contributed by atoms with Crippen LogP contribution in [0, 0.1) is 11.3 Å². The quantitative estimate of drug-likeness (QED) is 0.169. The summed E-state index contributed by atoms with van der Waals surface area (Å²) in [6.07, 6.45) is 3.85. The van der Waals surface area contributed by atoms with Crippen molar-refractivity contribution < 1.29 is 9.90 Å². The highest BCUT2D eigenvalue weighted by Crippen LogP contribution is 2.27. The van der Waals surface area contributed by atoms with E-state index in [9.17, 15) is 9.90 Å². The van der Waals surface area contributed by atoms with Crippen LogP contribution in [0.5, 0.6) is 0 Å². The zero-order valence-electron chi connectivity index (χ0n) is 20.5. The number of rotatable bonds is 10. The summed E-state index contributed by atoms with van der Waals surface area (Å²) in [6, 6.07) is 26.0. The van der Waals surface area contributed by atoms with E-state index in [4.69, 9.17) is 16.9 Å². The molecule has 0 fully saturated rings. The van der Waals surface area contributed by atoms with Gasteiger partial charge in [-0.25, -0.2) is 0 Å². The molecular weight excluding hydrogens is 462 g/mol. The van der Waals surface area contributed by atoms with Gasteiger partial charge in [0, 0.05) is 42.6 Å². The molecule has 1 unspecified atom stereocenters. The second-order valence-corrected chi connectivity index (χ2v) is 8.98. The van der Waals surface area contributed by atoms with Gasteiger partial charge in [0.2, 0.25) is 0 Å². The van der Waals surface area contributed by atoms with Crippen molar-refractivity contribution in [1.82, 2.24) is 10.3 Å². The summed E-state index contributed by atoms with van der Waals surface area (Å²) < 4.78 is 0. The summed E-state index contributed by atoms with van der Waals surface area (Å²) >= 11 is 0. The van der Waals surface area contributed by atoms with Crippen molar-refractivity contribution in [3.8, 4) is 11.1 Å². The van der Waals surface area contributed by atoms with E-state index in [1.54, 1.807) is 30.6 Å². The minimum atomic E-state index is -0.479. The number of aromatic nitrogens is 1. The fourth-order valence-electron chi connectivity index (χ4n) is 4.41. The lowest BCUT2D eigenvalue weighted by Gasteiger charge is -2.27. The van der Waals surface area contributed by atoms with Gasteiger partial charge < -0.3 is 21.9 Å². The van der Waals surface area contributed by atoms with Crippen LogP contribution in [0.1, 0.15) is 38.7 Å². The minimum absolute atomic E-state index is 0.0160. The molecule has 1 aromatic heterocycles. The van der Waals surface area contributed by atoms with Crippen molar-refractivity contribution in [3.05, 3.63) is 125 Å². The third-order valence-corrected chi connectivity index (χ3v) is 6.42. The third-order valence-electron chi connectivity index (χ3n) is 6.42. The number of aliphatic hydroxyl groups excluding tert-OH is 1. The number of carbonyl (C=O) groups excluding carboxylic acids is 1. The van der Waals surface area contributed by atoms with E-state index in [1.165, 1.54) is 0 Å². The van der Waals surface area contributed by atoms with E-state index < -0.39 is 6.04 Å². The SMILES string of the molecule is N=C(N)c1cccc(C[C@H](CO)C(NC(=O)c2ccc(-c3cccc(CN)c3)cc2)c2cccnc2)c1. The standard InChI is InChI=1S/C30H31N5O2/c31-17-21-5-2-6-24(16-21)22-9-11-23(12-10-22)30(37)35-28(26-8-3-13-34-18-26)27(19-36)15-20-4-1-7-25(14-20)29(32)33/h1-14,16,18,27-28,36H,15,17,19,31H2,(H3,32,33)(H,35,37)/t27-,28?/m1/s1. The van der Waals surface area contributed by atoms with Gasteiger partial charge in [0.25, 0.3) is 5.91 Å². The van der Waals surface area contributed by atoms with Crippen molar-refractivity contribution in [2.75, 3.05) is 6.61 Å². The number of nitrogens with one attached hydrogen (secondary N) is 2. The topological polar surface area (TPSA) is 138 Å². The Morgan fingerprint density at radius 1 is 0.919 bits per heavy atom. The fourth-order valence-corrected chi connectivity index (χ4v) is 4.41. The van der Waals surface area contributed by atoms with Crippen LogP contribution in [0.3, 0.4) is 0 Å². The maximum atomic E-state index is 13.3. The summed E-state index contributed by atoms with van der Waals surface area (Å²) in [6.45, 7) is 0.315. The summed E-state index contributed by atoms with van der Waals surface area (Å²) in [5.74, 6) is -0.585. The van der Waals surface area contributed by atoms with Gasteiger partial charge >= 0.3 is 0 Å². The van der Waals surface area contributed by atoms with Gasteiger partial charge in [-0.1, -0.05) is 54.6 Å². The number of amides is 1. The van der Waals surface area contributed by atoms with Crippen LogP contribution in [0.4, 0.5) is 0 Å². The summed E-state index contributed by atoms with van der Waals surface area (Å²) in [7, 11) is 0. The number of benzene rings is 3. The van der Waals surface area contributed by atoms with Gasteiger partial charge in [-0.2, -0.15) is 0 Å². The van der Waals surface area contributed by atoms with Crippen LogP contribution >= 0.6 is 0 Å². The molecule has 0 bridgehead atoms. The average molecular weight is 494 g/mol. The van der Waals surface area contributed by atoms with Crippen molar-refractivity contribution in [3.63, 3.8) is 0 Å². The average Bonchev–Trinajstić information content (AvgIpc) is 2.95. The van der Waals surface area contributed by atoms with Crippen LogP contribution in [-0.2, 0) is 13.0 Å². The lowest BCUT2D eigenvalue weighted by Crippen LogP contribution is -2.36. The number of pyridine rings is 1. The lowest BCUT2D eigenvalue weighted by molar-refractivity contribution is 0.0902. The molecule has 4 rings (SSSR count). The Morgan fingerprint density at radius 2 is 1.68 bits per heavy atom. The molecule has 0 saturated heterocycles. The zero-order valence-corrected chi connectivity index (χ0v) is 20.5. The molecule has 4 aromatic rings. The Bertz CT molecular complexity index is 1360. The Morgan fingerprint density at radius 3 is 2.35 bits per heavy atom. The molecule has 2 atom stereocenters. The Labute approximate surface area is 216 Å². The predicted octanol–water partition coefficient (Wildman–Crippen LogP) is 3.81. The van der Waals surface area contributed by atoms with E-state index in [0.717, 1.165) is 27.8 Å². The van der Waals surface area contributed by atoms with E-state index in [0.29, 0.717) is 24.1 Å². The molecule has 0 saturated carbocycles. The van der Waals surface area contributed by atoms with Crippen LogP contribution in [0.2, 0.25) is 0 Å². The molecule has 0 radical (unpaired) electrons. The molecule has 0 spiro atoms. The second kappa shape index (κ2) is 12.1. The summed E-state index contributed by atoms with van der Waals surface area (Å²) in [5.41, 5.74) is 17.3. The summed E-state index contributed by atoms with van der Waals surface area (Å²) in [4.78, 5) is 17.5. The molecule has 7 nitrogen and oxygen atoms in total. The molecule has 0 aliphatic heterocycles. The first-order chi connectivity index (χ1) is 18.0. The number of carbonyl (C=O) groups is 1. The monoisotopic (exact) mass is 493 g/mol. The minimum Gasteiger partial charge on any atom is -0.396 e. The molecule has 3 aromatic carbocycles. The zero-order chi connectivity index (χ0) is 26.2. The first-order valence-electron chi connectivity index (χ1n) is 12.1. The number of nitrogens with zero attached hydrogens (tertiary/aromatic N) is 1. The number of hydrogen-bond acceptors (Lipinski definition) is 5. The highest BCUT2D eigenvalue weighted by atomic mass is 16.3. The van der Waals surface area contributed by atoms with Crippen LogP contribution in [-0.4, -0.2) is 28.4 Å². The van der Waals surface area contributed by atoms with Crippen molar-refractivity contribution in [1.29, 1.82) is 5.41 Å². The number of nitrogens with two attached hydrogens (primary N) is 2. The van der Waals surface area contributed by atoms with Gasteiger partial charge in [-0.3, -0.25) is 15.2 Å². The van der Waals surface area contributed by atoms with Gasteiger partial charge in [0.15, 0.2) is 0 Å². The fraction of sp³-hybridized carbons (Fsp3) is 0.167. The van der Waals surface area contributed by atoms with Crippen molar-refractivity contribution in [2.45, 2.75) is 19.0 Å². The van der Waals surface area contributed by atoms with Gasteiger partial charge in [-0.15, -0.1) is 0 Å². The van der Waals surface area contributed by atoms with E-state index in [-0.39, 0.29) is 24.3 Å². The first kappa shape index (κ1) is 25.8. The molecule has 188 valence electrons. The summed E-state index contributed by atoms with van der Waals surface area (Å²) in [5, 5.41) is 21.2. The molecule has 1 heterocycles. The largest absolute Gasteiger partial charge is 0.396 e. The molecule has 0 aliphatic carbocycles. The molecule has 37 heavy (non-hydrogen) atoms. The molecule has 7 heteroatoms. The van der Waals surface area contributed by atoms with Gasteiger partial charge in [-0.05, 0) is 64.6 Å². The van der Waals surface area contributed by atoms with Crippen LogP contribution in [0.15, 0.2) is 97.3 Å². The van der Waals surface area contributed by atoms with Gasteiger partial charge in [0.1, 0.15) is 5.84 Å². The van der Waals surface area contributed by atoms with Crippen LogP contribution in [0.25, 0.3) is 11.1 Å². The Hall–Kier alpha value is -4.33. The highest BCUT2D eigenvalue weighted by Gasteiger charge is 2.26. The molecule has 1 amide bonds. The number of hydrogen-bond donors (Lipinski definition) is 5. The third kappa shape index (κ3) is 6.46. The van der Waals surface area contributed by atoms with E-state index >= 15 is 0 Å². The maximum absolute atomic E-state index is 13.3. The molecule has 0 aliphatic rings. The predicted molar refractivity (Wildman–Crippen MR) is 146 cm³/mol. The van der Waals surface area contributed by atoms with Gasteiger partial charge in [0.05, 0.1) is 6.04 Å². The normalized spacial score (nSPS) is 12.5. The van der Waals surface area contributed by atoms with Crippen molar-refractivity contribution in [2.24, 2.45) is 17.4 Å². The highest BCUT2D eigenvalue weighted by molar-refractivity contribution is 5.95. The first-order valence-corrected chi connectivity index (χ1v) is 12.1.